The number of amides is 1. The number of halogens is 1. The topological polar surface area (TPSA) is 109 Å². The molecule has 0 bridgehead atoms. The molecule has 144 valence electrons. The molecular weight excluding hydrogens is 349 g/mol. The third kappa shape index (κ3) is 4.30. The smallest absolute Gasteiger partial charge is 0.240 e. The fraction of sp³-hybridized carbons (Fsp3) is 0.444. The van der Waals surface area contributed by atoms with Crippen LogP contribution in [0.1, 0.15) is 32.5 Å². The summed E-state index contributed by atoms with van der Waals surface area (Å²) in [6.07, 6.45) is 1.62. The molecule has 8 nitrogen and oxygen atoms in total. The molecule has 1 amide bonds. The largest absolute Gasteiger partial charge is 0.368 e. The zero-order chi connectivity index (χ0) is 19.4. The molecule has 2 heterocycles. The molecule has 1 aliphatic heterocycles. The summed E-state index contributed by atoms with van der Waals surface area (Å²) in [5.74, 6) is 0.535. The van der Waals surface area contributed by atoms with Crippen LogP contribution in [0, 0.1) is 5.82 Å². The van der Waals surface area contributed by atoms with Gasteiger partial charge in [0.1, 0.15) is 11.6 Å². The van der Waals surface area contributed by atoms with Crippen molar-refractivity contribution < 1.29 is 9.18 Å². The number of hydrogen-bond acceptors (Lipinski definition) is 7. The summed E-state index contributed by atoms with van der Waals surface area (Å²) in [6.45, 7) is 5.66. The van der Waals surface area contributed by atoms with Crippen molar-refractivity contribution in [3.63, 3.8) is 0 Å². The number of piperazine rings is 1. The van der Waals surface area contributed by atoms with Crippen molar-refractivity contribution in [1.82, 2.24) is 25.2 Å². The van der Waals surface area contributed by atoms with Crippen molar-refractivity contribution >= 4 is 23.5 Å². The molecular formula is C18H24FN7O. The van der Waals surface area contributed by atoms with Crippen molar-refractivity contribution in [2.24, 2.45) is 0 Å². The number of aromatic nitrogens is 3. The lowest BCUT2D eigenvalue weighted by Gasteiger charge is -2.43. The second kappa shape index (κ2) is 7.83. The van der Waals surface area contributed by atoms with Crippen LogP contribution in [0.2, 0.25) is 0 Å². The summed E-state index contributed by atoms with van der Waals surface area (Å²) < 4.78 is 13.1. The van der Waals surface area contributed by atoms with Crippen molar-refractivity contribution in [1.29, 1.82) is 0 Å². The minimum atomic E-state index is -0.612. The molecule has 0 saturated carbocycles. The Labute approximate surface area is 157 Å². The highest BCUT2D eigenvalue weighted by molar-refractivity contribution is 5.86. The first kappa shape index (κ1) is 19.0. The zero-order valence-electron chi connectivity index (χ0n) is 15.5. The highest BCUT2D eigenvalue weighted by Crippen LogP contribution is 2.26. The van der Waals surface area contributed by atoms with Gasteiger partial charge in [0.25, 0.3) is 0 Å². The Balaban J connectivity index is 1.81. The van der Waals surface area contributed by atoms with E-state index in [9.17, 15) is 9.18 Å². The average molecular weight is 373 g/mol. The van der Waals surface area contributed by atoms with Crippen LogP contribution in [0.25, 0.3) is 0 Å². The normalized spacial score (nSPS) is 20.3. The molecule has 9 heteroatoms. The molecule has 1 fully saturated rings. The molecule has 4 N–H and O–H groups in total. The Morgan fingerprint density at radius 3 is 2.74 bits per heavy atom. The predicted octanol–water partition coefficient (Wildman–Crippen LogP) is 1.83. The number of carbonyl (C=O) groups excluding carboxylic acids is 1. The van der Waals surface area contributed by atoms with E-state index in [0.29, 0.717) is 31.1 Å². The van der Waals surface area contributed by atoms with Crippen LogP contribution in [0.3, 0.4) is 0 Å². The van der Waals surface area contributed by atoms with Gasteiger partial charge >= 0.3 is 0 Å². The Kier molecular flexibility index (Phi) is 5.50. The number of benzene rings is 1. The molecule has 1 aromatic heterocycles. The molecule has 3 rings (SSSR count). The van der Waals surface area contributed by atoms with Crippen LogP contribution in [0.5, 0.6) is 0 Å². The second-order valence-corrected chi connectivity index (χ2v) is 6.77. The van der Waals surface area contributed by atoms with E-state index in [-0.39, 0.29) is 23.6 Å². The fourth-order valence-electron chi connectivity index (χ4n) is 3.29. The quantitative estimate of drug-likeness (QED) is 0.709. The van der Waals surface area contributed by atoms with Crippen LogP contribution in [0.4, 0.5) is 22.0 Å². The van der Waals surface area contributed by atoms with E-state index in [1.54, 1.807) is 12.1 Å². The standard InChI is InChI=1S/C18H24FN7O/c1-3-8-18(2)15(27)21-9-10-26(18)11-14-23-16(20)25-17(24-14)22-13-6-4-12(19)5-7-13/h4-7H,3,8-11H2,1-2H3,(H,21,27)(H3,20,22,23,24,25)/t18-/m0/s1. The van der Waals surface area contributed by atoms with E-state index >= 15 is 0 Å². The van der Waals surface area contributed by atoms with E-state index in [2.05, 4.69) is 37.4 Å². The number of carbonyl (C=O) groups is 1. The van der Waals surface area contributed by atoms with E-state index < -0.39 is 5.54 Å². The molecule has 1 saturated heterocycles. The van der Waals surface area contributed by atoms with Gasteiger partial charge in [-0.1, -0.05) is 13.3 Å². The summed E-state index contributed by atoms with van der Waals surface area (Å²) in [7, 11) is 0. The van der Waals surface area contributed by atoms with Gasteiger partial charge in [-0.15, -0.1) is 0 Å². The second-order valence-electron chi connectivity index (χ2n) is 6.77. The Morgan fingerprint density at radius 2 is 2.04 bits per heavy atom. The van der Waals surface area contributed by atoms with Gasteiger partial charge in [0.15, 0.2) is 0 Å². The van der Waals surface area contributed by atoms with E-state index in [4.69, 9.17) is 5.73 Å². The first-order valence-corrected chi connectivity index (χ1v) is 8.97. The minimum Gasteiger partial charge on any atom is -0.368 e. The molecule has 0 radical (unpaired) electrons. The lowest BCUT2D eigenvalue weighted by Crippen LogP contribution is -2.62. The van der Waals surface area contributed by atoms with E-state index in [1.807, 2.05) is 6.92 Å². The monoisotopic (exact) mass is 373 g/mol. The third-order valence-electron chi connectivity index (χ3n) is 4.72. The van der Waals surface area contributed by atoms with Crippen LogP contribution in [0.15, 0.2) is 24.3 Å². The number of anilines is 3. The molecule has 27 heavy (non-hydrogen) atoms. The summed E-state index contributed by atoms with van der Waals surface area (Å²) in [4.78, 5) is 27.2. The maximum absolute atomic E-state index is 13.1. The highest BCUT2D eigenvalue weighted by Gasteiger charge is 2.41. The van der Waals surface area contributed by atoms with Crippen LogP contribution < -0.4 is 16.4 Å². The van der Waals surface area contributed by atoms with Gasteiger partial charge in [0, 0.05) is 18.8 Å². The predicted molar refractivity (Wildman–Crippen MR) is 101 cm³/mol. The van der Waals surface area contributed by atoms with Crippen molar-refractivity contribution in [2.45, 2.75) is 38.8 Å². The Morgan fingerprint density at radius 1 is 1.30 bits per heavy atom. The number of hydrogen-bond donors (Lipinski definition) is 3. The molecule has 1 aromatic carbocycles. The molecule has 0 spiro atoms. The molecule has 1 aliphatic rings. The molecule has 2 aromatic rings. The fourth-order valence-corrected chi connectivity index (χ4v) is 3.29. The van der Waals surface area contributed by atoms with Crippen LogP contribution in [-0.4, -0.2) is 44.4 Å². The number of nitrogens with two attached hydrogens (primary N) is 1. The lowest BCUT2D eigenvalue weighted by molar-refractivity contribution is -0.137. The maximum Gasteiger partial charge on any atom is 0.240 e. The van der Waals surface area contributed by atoms with Crippen molar-refractivity contribution in [2.75, 3.05) is 24.1 Å². The maximum atomic E-state index is 13.1. The van der Waals surface area contributed by atoms with E-state index in [1.165, 1.54) is 12.1 Å². The molecule has 1 atom stereocenters. The number of nitrogens with zero attached hydrogens (tertiary/aromatic N) is 4. The first-order valence-electron chi connectivity index (χ1n) is 8.97. The minimum absolute atomic E-state index is 0.0160. The number of nitrogen functional groups attached to an aromatic ring is 1. The van der Waals surface area contributed by atoms with Gasteiger partial charge in [0.05, 0.1) is 12.1 Å². The summed E-state index contributed by atoms with van der Waals surface area (Å²) >= 11 is 0. The van der Waals surface area contributed by atoms with Gasteiger partial charge in [-0.05, 0) is 37.6 Å². The Hall–Kier alpha value is -2.81. The van der Waals surface area contributed by atoms with Crippen molar-refractivity contribution in [3.05, 3.63) is 35.9 Å². The highest BCUT2D eigenvalue weighted by atomic mass is 19.1. The number of nitrogens with one attached hydrogen (secondary N) is 2. The molecule has 0 aliphatic carbocycles. The summed E-state index contributed by atoms with van der Waals surface area (Å²) in [5.41, 5.74) is 5.86. The SMILES string of the molecule is CCC[C@@]1(C)C(=O)NCCN1Cc1nc(N)nc(Nc2ccc(F)cc2)n1. The summed E-state index contributed by atoms with van der Waals surface area (Å²) in [6, 6.07) is 5.86. The van der Waals surface area contributed by atoms with Gasteiger partial charge in [-0.2, -0.15) is 15.0 Å². The van der Waals surface area contributed by atoms with Crippen LogP contribution in [-0.2, 0) is 11.3 Å². The van der Waals surface area contributed by atoms with Gasteiger partial charge in [-0.25, -0.2) is 4.39 Å². The van der Waals surface area contributed by atoms with Gasteiger partial charge in [0.2, 0.25) is 17.8 Å². The van der Waals surface area contributed by atoms with Crippen LogP contribution >= 0.6 is 0 Å². The third-order valence-corrected chi connectivity index (χ3v) is 4.72. The van der Waals surface area contributed by atoms with Crippen molar-refractivity contribution in [3.8, 4) is 0 Å². The summed E-state index contributed by atoms with van der Waals surface area (Å²) in [5, 5.41) is 5.93. The Bertz CT molecular complexity index is 814. The lowest BCUT2D eigenvalue weighted by atomic mass is 9.90. The van der Waals surface area contributed by atoms with Gasteiger partial charge in [-0.3, -0.25) is 9.69 Å². The van der Waals surface area contributed by atoms with E-state index in [0.717, 1.165) is 12.8 Å². The molecule has 0 unspecified atom stereocenters. The van der Waals surface area contributed by atoms with Gasteiger partial charge < -0.3 is 16.4 Å². The average Bonchev–Trinajstić information content (AvgIpc) is 2.61. The first-order chi connectivity index (χ1) is 12.9. The number of rotatable bonds is 6. The zero-order valence-corrected chi connectivity index (χ0v) is 15.5.